The Balaban J connectivity index is -0.000000144. The molecule has 0 spiro atoms. The van der Waals surface area contributed by atoms with Gasteiger partial charge in [0.2, 0.25) is 0 Å². The second-order valence-corrected chi connectivity index (χ2v) is 4.96. The molecule has 0 saturated carbocycles. The molecule has 1 aromatic carbocycles. The van der Waals surface area contributed by atoms with Gasteiger partial charge >= 0.3 is 37.2 Å². The first-order valence-corrected chi connectivity index (χ1v) is 5.97. The topological polar surface area (TPSA) is 72.8 Å². The molecular formula is C10H20AlClNaO5P. The van der Waals surface area contributed by atoms with Gasteiger partial charge in [0.1, 0.15) is 0 Å². The van der Waals surface area contributed by atoms with Gasteiger partial charge in [-0.2, -0.15) is 0 Å². The average molecular weight is 337 g/mol. The molecular weight excluding hydrogens is 317 g/mol. The Morgan fingerprint density at radius 1 is 1.16 bits per heavy atom. The second kappa shape index (κ2) is 15.1. The minimum atomic E-state index is -3.03. The van der Waals surface area contributed by atoms with Crippen LogP contribution in [0, 0.1) is 0 Å². The van der Waals surface area contributed by atoms with Crippen molar-refractivity contribution in [3.8, 4) is 0 Å². The van der Waals surface area contributed by atoms with E-state index in [4.69, 9.17) is 18.9 Å². The number of carboxylic acids is 1. The molecule has 0 amide bonds. The van der Waals surface area contributed by atoms with Crippen molar-refractivity contribution in [3.05, 3.63) is 30.3 Å². The fourth-order valence-corrected chi connectivity index (χ4v) is 2.00. The molecule has 0 radical (unpaired) electrons. The number of benzene rings is 1. The van der Waals surface area contributed by atoms with E-state index in [0.717, 1.165) is 6.92 Å². The Morgan fingerprint density at radius 2 is 1.47 bits per heavy atom. The van der Waals surface area contributed by atoms with Crippen LogP contribution in [-0.2, 0) is 18.4 Å². The van der Waals surface area contributed by atoms with Crippen LogP contribution in [0.4, 0.5) is 0 Å². The molecule has 0 aromatic heterocycles. The fourth-order valence-electron chi connectivity index (χ4n) is 0.896. The van der Waals surface area contributed by atoms with E-state index in [0.29, 0.717) is 5.30 Å². The zero-order chi connectivity index (χ0) is 12.6. The molecule has 0 aliphatic carbocycles. The number of rotatable bonds is 3. The van der Waals surface area contributed by atoms with Crippen molar-refractivity contribution < 1.29 is 23.5 Å². The van der Waals surface area contributed by atoms with Crippen molar-refractivity contribution in [1.29, 1.82) is 0 Å². The average Bonchev–Trinajstić information content (AvgIpc) is 2.28. The summed E-state index contributed by atoms with van der Waals surface area (Å²) in [7, 11) is -0.289. The SMILES string of the molecule is CC(=O)O.COP(=O)(OC)c1ccccc1.Cl.[AlH3].[NaH]. The van der Waals surface area contributed by atoms with E-state index in [-0.39, 0.29) is 59.3 Å². The Hall–Kier alpha value is 0.662. The Labute approximate surface area is 152 Å². The number of carboxylic acid groups (broad SMARTS) is 1. The molecule has 0 fully saturated rings. The van der Waals surface area contributed by atoms with Crippen LogP contribution in [-0.4, -0.2) is 72.2 Å². The molecule has 5 nitrogen and oxygen atoms in total. The van der Waals surface area contributed by atoms with E-state index < -0.39 is 13.6 Å². The van der Waals surface area contributed by atoms with Gasteiger partial charge in [-0.1, -0.05) is 18.2 Å². The van der Waals surface area contributed by atoms with E-state index >= 15 is 0 Å². The van der Waals surface area contributed by atoms with Crippen molar-refractivity contribution in [1.82, 2.24) is 0 Å². The molecule has 1 aromatic rings. The summed E-state index contributed by atoms with van der Waals surface area (Å²) < 4.78 is 21.3. The summed E-state index contributed by atoms with van der Waals surface area (Å²) in [5.41, 5.74) is 0. The Bertz CT molecular complexity index is 367. The third-order valence-corrected chi connectivity index (χ3v) is 3.45. The maximum atomic E-state index is 11.7. The molecule has 0 aliphatic heterocycles. The molecule has 0 aliphatic rings. The normalized spacial score (nSPS) is 8.58. The first kappa shape index (κ1) is 27.9. The maximum absolute atomic E-state index is 11.7. The molecule has 9 heteroatoms. The quantitative estimate of drug-likeness (QED) is 0.642. The van der Waals surface area contributed by atoms with Gasteiger partial charge in [0, 0.05) is 21.1 Å². The van der Waals surface area contributed by atoms with Crippen molar-refractivity contribution >= 4 is 78.2 Å². The van der Waals surface area contributed by atoms with Crippen molar-refractivity contribution in [2.75, 3.05) is 14.2 Å². The van der Waals surface area contributed by atoms with Gasteiger partial charge in [0.25, 0.3) is 5.97 Å². The minimum absolute atomic E-state index is 0. The van der Waals surface area contributed by atoms with Crippen LogP contribution in [0.15, 0.2) is 30.3 Å². The number of carbonyl (C=O) groups is 1. The third-order valence-electron chi connectivity index (χ3n) is 1.55. The molecule has 1 N–H and O–H groups in total. The number of halogens is 1. The zero-order valence-electron chi connectivity index (χ0n) is 9.82. The predicted octanol–water partition coefficient (Wildman–Crippen LogP) is 0.478. The zero-order valence-corrected chi connectivity index (χ0v) is 11.5. The summed E-state index contributed by atoms with van der Waals surface area (Å²) in [5.74, 6) is -0.833. The molecule has 106 valence electrons. The van der Waals surface area contributed by atoms with Crippen LogP contribution < -0.4 is 5.30 Å². The van der Waals surface area contributed by atoms with Crippen molar-refractivity contribution in [2.24, 2.45) is 0 Å². The monoisotopic (exact) mass is 336 g/mol. The predicted molar refractivity (Wildman–Crippen MR) is 85.3 cm³/mol. The summed E-state index contributed by atoms with van der Waals surface area (Å²) in [6.07, 6.45) is 0. The molecule has 19 heavy (non-hydrogen) atoms. The van der Waals surface area contributed by atoms with Crippen LogP contribution in [0.25, 0.3) is 0 Å². The fraction of sp³-hybridized carbons (Fsp3) is 0.300. The van der Waals surface area contributed by atoms with E-state index in [2.05, 4.69) is 0 Å². The van der Waals surface area contributed by atoms with Gasteiger partial charge < -0.3 is 14.2 Å². The Morgan fingerprint density at radius 3 is 1.74 bits per heavy atom. The molecule has 0 heterocycles. The standard InChI is InChI=1S/C8H11O3P.C2H4O2.Al.ClH.Na.4H/c1-10-12(9,11-2)8-6-4-3-5-7-8;1-2(3)4;;;;;;;/h3-7H,1-2H3;1H3,(H,3,4);;1H;;;;;. The summed E-state index contributed by atoms with van der Waals surface area (Å²) >= 11 is 0. The third kappa shape index (κ3) is 12.1. The van der Waals surface area contributed by atoms with Crippen LogP contribution in [0.2, 0.25) is 0 Å². The second-order valence-electron chi connectivity index (χ2n) is 2.72. The van der Waals surface area contributed by atoms with Crippen LogP contribution in [0.5, 0.6) is 0 Å². The first-order chi connectivity index (χ1) is 7.46. The summed E-state index contributed by atoms with van der Waals surface area (Å²) in [5, 5.41) is 8.00. The molecule has 0 bridgehead atoms. The number of hydrogen-bond acceptors (Lipinski definition) is 4. The van der Waals surface area contributed by atoms with E-state index in [9.17, 15) is 4.57 Å². The van der Waals surface area contributed by atoms with Gasteiger partial charge in [-0.3, -0.25) is 9.36 Å². The van der Waals surface area contributed by atoms with Crippen LogP contribution in [0.3, 0.4) is 0 Å². The van der Waals surface area contributed by atoms with E-state index in [1.165, 1.54) is 14.2 Å². The first-order valence-electron chi connectivity index (χ1n) is 4.43. The number of aliphatic carboxylic acids is 1. The molecule has 0 unspecified atom stereocenters. The van der Waals surface area contributed by atoms with Crippen molar-refractivity contribution in [3.63, 3.8) is 0 Å². The number of hydrogen-bond donors (Lipinski definition) is 1. The summed E-state index contributed by atoms with van der Waals surface area (Å²) in [4.78, 5) is 9.00. The molecule has 1 rings (SSSR count). The van der Waals surface area contributed by atoms with E-state index in [1.807, 2.05) is 6.07 Å². The van der Waals surface area contributed by atoms with Gasteiger partial charge in [-0.15, -0.1) is 12.4 Å². The van der Waals surface area contributed by atoms with E-state index in [1.54, 1.807) is 24.3 Å². The van der Waals surface area contributed by atoms with Crippen LogP contribution in [0.1, 0.15) is 6.92 Å². The summed E-state index contributed by atoms with van der Waals surface area (Å²) in [6.45, 7) is 1.08. The van der Waals surface area contributed by atoms with Gasteiger partial charge in [-0.05, 0) is 12.1 Å². The molecule has 0 saturated heterocycles. The van der Waals surface area contributed by atoms with Gasteiger partial charge in [0.15, 0.2) is 17.4 Å². The molecule has 0 atom stereocenters. The van der Waals surface area contributed by atoms with Gasteiger partial charge in [-0.25, -0.2) is 0 Å². The van der Waals surface area contributed by atoms with Gasteiger partial charge in [0.05, 0.1) is 5.30 Å². The Kier molecular flexibility index (Phi) is 22.1. The van der Waals surface area contributed by atoms with Crippen LogP contribution >= 0.6 is 20.0 Å². The van der Waals surface area contributed by atoms with Crippen molar-refractivity contribution in [2.45, 2.75) is 6.92 Å². The summed E-state index contributed by atoms with van der Waals surface area (Å²) in [6, 6.07) is 8.86.